The minimum absolute atomic E-state index is 0.0734. The number of aromatic carboxylic acids is 1. The van der Waals surface area contributed by atoms with Crippen molar-refractivity contribution in [3.05, 3.63) is 107 Å². The van der Waals surface area contributed by atoms with Crippen molar-refractivity contribution >= 4 is 5.97 Å². The van der Waals surface area contributed by atoms with E-state index >= 15 is 0 Å². The predicted octanol–water partition coefficient (Wildman–Crippen LogP) is 3.95. The summed E-state index contributed by atoms with van der Waals surface area (Å²) in [5.41, 5.74) is -0.467. The first-order valence-corrected chi connectivity index (χ1v) is 7.49. The van der Waals surface area contributed by atoms with E-state index in [0.717, 1.165) is 0 Å². The quantitative estimate of drug-likeness (QED) is 0.707. The van der Waals surface area contributed by atoms with Crippen molar-refractivity contribution in [2.45, 2.75) is 5.60 Å². The van der Waals surface area contributed by atoms with Gasteiger partial charge in [0, 0.05) is 0 Å². The summed E-state index contributed by atoms with van der Waals surface area (Å²) in [7, 11) is 0. The molecule has 0 aliphatic heterocycles. The lowest BCUT2D eigenvalue weighted by molar-refractivity contribution is 0.0696. The highest BCUT2D eigenvalue weighted by atomic mass is 19.1. The fraction of sp³-hybridized carbons (Fsp3) is 0.0500. The van der Waals surface area contributed by atoms with Gasteiger partial charge < -0.3 is 10.2 Å². The molecule has 0 aliphatic rings. The van der Waals surface area contributed by atoms with Crippen molar-refractivity contribution in [3.8, 4) is 0 Å². The van der Waals surface area contributed by atoms with Gasteiger partial charge in [0.2, 0.25) is 0 Å². The number of rotatable bonds is 4. The Hall–Kier alpha value is -3.05. The van der Waals surface area contributed by atoms with Crippen LogP contribution in [0, 0.1) is 11.6 Å². The fourth-order valence-electron chi connectivity index (χ4n) is 2.74. The second-order valence-corrected chi connectivity index (χ2v) is 5.61. The van der Waals surface area contributed by atoms with Gasteiger partial charge >= 0.3 is 5.97 Å². The summed E-state index contributed by atoms with van der Waals surface area (Å²) in [4.78, 5) is 11.0. The number of carbonyl (C=O) groups is 1. The number of halogens is 2. The summed E-state index contributed by atoms with van der Waals surface area (Å²) in [6.07, 6.45) is 0. The van der Waals surface area contributed by atoms with Crippen LogP contribution in [0.5, 0.6) is 0 Å². The summed E-state index contributed by atoms with van der Waals surface area (Å²) in [5.74, 6) is -1.99. The third-order valence-electron chi connectivity index (χ3n) is 4.07. The number of aliphatic hydroxyl groups is 1. The molecule has 0 saturated carbocycles. The molecular formula is C20H14F2O3. The standard InChI is InChI=1S/C20H14F2O3/c21-17-9-5-15(6-10-17)20(25,16-7-11-18(22)12-8-16)14-3-1-13(2-4-14)19(23)24/h1-12,25H,(H,23,24). The lowest BCUT2D eigenvalue weighted by Gasteiger charge is -2.30. The molecule has 0 aromatic heterocycles. The maximum absolute atomic E-state index is 13.3. The Balaban J connectivity index is 2.19. The molecule has 3 rings (SSSR count). The topological polar surface area (TPSA) is 57.5 Å². The molecular weight excluding hydrogens is 326 g/mol. The van der Waals surface area contributed by atoms with Crippen LogP contribution in [-0.2, 0) is 5.60 Å². The van der Waals surface area contributed by atoms with Crippen molar-refractivity contribution < 1.29 is 23.8 Å². The van der Waals surface area contributed by atoms with Gasteiger partial charge in [-0.15, -0.1) is 0 Å². The van der Waals surface area contributed by atoms with Gasteiger partial charge in [0.1, 0.15) is 17.2 Å². The summed E-state index contributed by atoms with van der Waals surface area (Å²) in [6, 6.07) is 16.3. The first-order chi connectivity index (χ1) is 11.9. The van der Waals surface area contributed by atoms with E-state index in [4.69, 9.17) is 5.11 Å². The third kappa shape index (κ3) is 3.14. The van der Waals surface area contributed by atoms with Crippen LogP contribution in [0.25, 0.3) is 0 Å². The summed E-state index contributed by atoms with van der Waals surface area (Å²) < 4.78 is 26.6. The highest BCUT2D eigenvalue weighted by molar-refractivity contribution is 5.87. The van der Waals surface area contributed by atoms with Gasteiger partial charge in [-0.2, -0.15) is 0 Å². The molecule has 3 aromatic carbocycles. The second kappa shape index (κ2) is 6.45. The molecule has 0 saturated heterocycles. The van der Waals surface area contributed by atoms with Gasteiger partial charge in [-0.3, -0.25) is 0 Å². The van der Waals surface area contributed by atoms with Crippen LogP contribution in [0.15, 0.2) is 72.8 Å². The average Bonchev–Trinajstić information content (AvgIpc) is 2.62. The SMILES string of the molecule is O=C(O)c1ccc(C(O)(c2ccc(F)cc2)c2ccc(F)cc2)cc1. The minimum atomic E-state index is -1.68. The first-order valence-electron chi connectivity index (χ1n) is 7.49. The van der Waals surface area contributed by atoms with Gasteiger partial charge in [-0.05, 0) is 53.1 Å². The van der Waals surface area contributed by atoms with E-state index < -0.39 is 23.2 Å². The van der Waals surface area contributed by atoms with Gasteiger partial charge in [0.25, 0.3) is 0 Å². The maximum Gasteiger partial charge on any atom is 0.335 e. The maximum atomic E-state index is 13.3. The molecule has 2 N–H and O–H groups in total. The van der Waals surface area contributed by atoms with E-state index in [9.17, 15) is 18.7 Å². The molecule has 0 fully saturated rings. The number of carboxylic acids is 1. The lowest BCUT2D eigenvalue weighted by Crippen LogP contribution is -2.29. The molecule has 3 aromatic rings. The lowest BCUT2D eigenvalue weighted by atomic mass is 9.80. The summed E-state index contributed by atoms with van der Waals surface area (Å²) in [5, 5.41) is 20.5. The van der Waals surface area contributed by atoms with Crippen molar-refractivity contribution in [3.63, 3.8) is 0 Å². The molecule has 126 valence electrons. The van der Waals surface area contributed by atoms with E-state index in [2.05, 4.69) is 0 Å². The summed E-state index contributed by atoms with van der Waals surface area (Å²) >= 11 is 0. The Morgan fingerprint density at radius 2 is 1.00 bits per heavy atom. The van der Waals surface area contributed by atoms with Crippen molar-refractivity contribution in [1.82, 2.24) is 0 Å². The zero-order valence-electron chi connectivity index (χ0n) is 13.0. The van der Waals surface area contributed by atoms with E-state index in [-0.39, 0.29) is 5.56 Å². The molecule has 5 heteroatoms. The van der Waals surface area contributed by atoms with Crippen LogP contribution in [-0.4, -0.2) is 16.2 Å². The Morgan fingerprint density at radius 1 is 0.680 bits per heavy atom. The smallest absolute Gasteiger partial charge is 0.335 e. The number of benzene rings is 3. The minimum Gasteiger partial charge on any atom is -0.478 e. The molecule has 0 atom stereocenters. The normalized spacial score (nSPS) is 11.3. The third-order valence-corrected chi connectivity index (χ3v) is 4.07. The predicted molar refractivity (Wildman–Crippen MR) is 88.3 cm³/mol. The zero-order valence-corrected chi connectivity index (χ0v) is 13.0. The fourth-order valence-corrected chi connectivity index (χ4v) is 2.74. The second-order valence-electron chi connectivity index (χ2n) is 5.61. The van der Waals surface area contributed by atoms with Gasteiger partial charge in [0.05, 0.1) is 5.56 Å². The van der Waals surface area contributed by atoms with Gasteiger partial charge in [-0.25, -0.2) is 13.6 Å². The molecule has 0 unspecified atom stereocenters. The average molecular weight is 340 g/mol. The highest BCUT2D eigenvalue weighted by Crippen LogP contribution is 2.36. The van der Waals surface area contributed by atoms with Crippen LogP contribution < -0.4 is 0 Å². The van der Waals surface area contributed by atoms with E-state index in [0.29, 0.717) is 16.7 Å². The molecule has 3 nitrogen and oxygen atoms in total. The summed E-state index contributed by atoms with van der Waals surface area (Å²) in [6.45, 7) is 0. The zero-order chi connectivity index (χ0) is 18.0. The number of carboxylic acid groups (broad SMARTS) is 1. The van der Waals surface area contributed by atoms with Crippen LogP contribution in [0.1, 0.15) is 27.0 Å². The van der Waals surface area contributed by atoms with Gasteiger partial charge in [0.15, 0.2) is 0 Å². The van der Waals surface area contributed by atoms with E-state index in [1.54, 1.807) is 0 Å². The van der Waals surface area contributed by atoms with Crippen LogP contribution >= 0.6 is 0 Å². The van der Waals surface area contributed by atoms with Crippen molar-refractivity contribution in [2.24, 2.45) is 0 Å². The number of hydrogen-bond donors (Lipinski definition) is 2. The Kier molecular flexibility index (Phi) is 4.33. The molecule has 0 aliphatic carbocycles. The van der Waals surface area contributed by atoms with Crippen LogP contribution in [0.3, 0.4) is 0 Å². The Labute approximate surface area is 142 Å². The molecule has 25 heavy (non-hydrogen) atoms. The largest absolute Gasteiger partial charge is 0.478 e. The molecule has 0 amide bonds. The molecule has 0 radical (unpaired) electrons. The number of hydrogen-bond acceptors (Lipinski definition) is 2. The highest BCUT2D eigenvalue weighted by Gasteiger charge is 2.34. The first kappa shape index (κ1) is 16.8. The molecule has 0 heterocycles. The van der Waals surface area contributed by atoms with Crippen LogP contribution in [0.2, 0.25) is 0 Å². The van der Waals surface area contributed by atoms with E-state index in [1.165, 1.54) is 72.8 Å². The Bertz CT molecular complexity index is 840. The van der Waals surface area contributed by atoms with Crippen molar-refractivity contribution in [2.75, 3.05) is 0 Å². The van der Waals surface area contributed by atoms with Crippen LogP contribution in [0.4, 0.5) is 8.78 Å². The molecule has 0 bridgehead atoms. The van der Waals surface area contributed by atoms with E-state index in [1.807, 2.05) is 0 Å². The monoisotopic (exact) mass is 340 g/mol. The Morgan fingerprint density at radius 3 is 1.32 bits per heavy atom. The van der Waals surface area contributed by atoms with Gasteiger partial charge in [-0.1, -0.05) is 36.4 Å². The molecule has 0 spiro atoms. The van der Waals surface area contributed by atoms with Crippen molar-refractivity contribution in [1.29, 1.82) is 0 Å².